The van der Waals surface area contributed by atoms with E-state index >= 15 is 0 Å². The van der Waals surface area contributed by atoms with E-state index in [1.54, 1.807) is 0 Å². The van der Waals surface area contributed by atoms with Crippen molar-refractivity contribution in [3.8, 4) is 0 Å². The molecule has 2 bridgehead atoms. The van der Waals surface area contributed by atoms with Crippen molar-refractivity contribution in [1.29, 1.82) is 0 Å². The third-order valence-electron chi connectivity index (χ3n) is 4.15. The van der Waals surface area contributed by atoms with Crippen LogP contribution in [0.25, 0.3) is 0 Å². The fourth-order valence-corrected chi connectivity index (χ4v) is 3.26. The van der Waals surface area contributed by atoms with Crippen LogP contribution in [0.5, 0.6) is 0 Å². The van der Waals surface area contributed by atoms with E-state index in [9.17, 15) is 13.6 Å². The number of hydrogen-bond donors (Lipinski definition) is 1. The smallest absolute Gasteiger partial charge is 0.316 e. The maximum Gasteiger partial charge on any atom is 0.316 e. The van der Waals surface area contributed by atoms with E-state index in [-0.39, 0.29) is 12.2 Å². The van der Waals surface area contributed by atoms with Crippen molar-refractivity contribution < 1.29 is 23.4 Å². The molecule has 0 aromatic heterocycles. The van der Waals surface area contributed by atoms with Crippen LogP contribution in [-0.4, -0.2) is 29.2 Å². The Balaban J connectivity index is 1.90. The van der Waals surface area contributed by atoms with Crippen molar-refractivity contribution in [3.05, 3.63) is 0 Å². The number of ether oxygens (including phenoxy) is 1. The van der Waals surface area contributed by atoms with E-state index in [2.05, 4.69) is 0 Å². The molecule has 1 N–H and O–H groups in total. The molecule has 1 aliphatic carbocycles. The van der Waals surface area contributed by atoms with E-state index in [0.717, 1.165) is 12.8 Å². The molecule has 2 saturated heterocycles. The topological polar surface area (TPSA) is 46.5 Å². The molecule has 0 amide bonds. The van der Waals surface area contributed by atoms with Crippen LogP contribution in [0.2, 0.25) is 0 Å². The van der Waals surface area contributed by atoms with Gasteiger partial charge in [-0.05, 0) is 19.3 Å². The van der Waals surface area contributed by atoms with Gasteiger partial charge in [-0.25, -0.2) is 8.78 Å². The first-order valence-electron chi connectivity index (χ1n) is 5.24. The molecule has 15 heavy (non-hydrogen) atoms. The van der Waals surface area contributed by atoms with Gasteiger partial charge in [-0.1, -0.05) is 0 Å². The van der Waals surface area contributed by atoms with Gasteiger partial charge in [-0.2, -0.15) is 0 Å². The Hall–Kier alpha value is -0.710. The molecule has 4 atom stereocenters. The molecule has 0 aromatic carbocycles. The zero-order valence-electron chi connectivity index (χ0n) is 8.08. The average Bonchev–Trinajstić information content (AvgIpc) is 2.58. The number of aliphatic carboxylic acids is 1. The maximum atomic E-state index is 13.2. The number of carboxylic acid groups (broad SMARTS) is 1. The number of fused-ring (bicyclic) bond motifs is 2. The molecule has 2 aliphatic heterocycles. The zero-order chi connectivity index (χ0) is 10.8. The number of carbonyl (C=O) groups is 1. The van der Waals surface area contributed by atoms with Crippen molar-refractivity contribution in [2.75, 3.05) is 0 Å². The molecule has 0 aromatic rings. The van der Waals surface area contributed by atoms with Gasteiger partial charge in [0.1, 0.15) is 5.41 Å². The van der Waals surface area contributed by atoms with Gasteiger partial charge in [0.15, 0.2) is 0 Å². The summed E-state index contributed by atoms with van der Waals surface area (Å²) in [5, 5.41) is 8.99. The minimum absolute atomic E-state index is 0.0209. The van der Waals surface area contributed by atoms with E-state index in [0.29, 0.717) is 6.42 Å². The van der Waals surface area contributed by atoms with Crippen molar-refractivity contribution in [2.45, 2.75) is 43.8 Å². The first kappa shape index (κ1) is 9.51. The van der Waals surface area contributed by atoms with E-state index < -0.39 is 29.6 Å². The summed E-state index contributed by atoms with van der Waals surface area (Å²) in [7, 11) is 0. The zero-order valence-corrected chi connectivity index (χ0v) is 8.08. The van der Waals surface area contributed by atoms with Gasteiger partial charge >= 0.3 is 5.97 Å². The first-order valence-corrected chi connectivity index (χ1v) is 5.24. The lowest BCUT2D eigenvalue weighted by Gasteiger charge is -2.25. The summed E-state index contributed by atoms with van der Waals surface area (Å²) >= 11 is 0. The van der Waals surface area contributed by atoms with Crippen LogP contribution in [0.15, 0.2) is 0 Å². The van der Waals surface area contributed by atoms with Gasteiger partial charge in [0.2, 0.25) is 0 Å². The Morgan fingerprint density at radius 3 is 2.40 bits per heavy atom. The predicted octanol–water partition coefficient (Wildman–Crippen LogP) is 1.66. The molecular formula is C10H12F2O3. The Morgan fingerprint density at radius 2 is 2.07 bits per heavy atom. The van der Waals surface area contributed by atoms with Gasteiger partial charge in [-0.3, -0.25) is 4.79 Å². The van der Waals surface area contributed by atoms with Crippen LogP contribution < -0.4 is 0 Å². The minimum Gasteiger partial charge on any atom is -0.481 e. The summed E-state index contributed by atoms with van der Waals surface area (Å²) in [5.41, 5.74) is -1.81. The fraction of sp³-hybridized carbons (Fsp3) is 0.900. The van der Waals surface area contributed by atoms with E-state index in [4.69, 9.17) is 9.84 Å². The third kappa shape index (κ3) is 0.994. The Kier molecular flexibility index (Phi) is 1.59. The molecule has 84 valence electrons. The summed E-state index contributed by atoms with van der Waals surface area (Å²) in [6.07, 6.45) is 1.38. The summed E-state index contributed by atoms with van der Waals surface area (Å²) < 4.78 is 31.9. The van der Waals surface area contributed by atoms with Crippen LogP contribution in [0.4, 0.5) is 8.78 Å². The van der Waals surface area contributed by atoms with E-state index in [1.165, 1.54) is 0 Å². The molecule has 2 heterocycles. The lowest BCUT2D eigenvalue weighted by Crippen LogP contribution is -2.36. The predicted molar refractivity (Wildman–Crippen MR) is 45.6 cm³/mol. The number of halogens is 2. The quantitative estimate of drug-likeness (QED) is 0.766. The molecule has 3 aliphatic rings. The van der Waals surface area contributed by atoms with Crippen molar-refractivity contribution in [1.82, 2.24) is 0 Å². The second-order valence-corrected chi connectivity index (χ2v) is 4.87. The van der Waals surface area contributed by atoms with Gasteiger partial charge in [-0.15, -0.1) is 0 Å². The summed E-state index contributed by atoms with van der Waals surface area (Å²) in [4.78, 5) is 11.0. The summed E-state index contributed by atoms with van der Waals surface area (Å²) in [5.74, 6) is -4.87. The first-order chi connectivity index (χ1) is 6.97. The van der Waals surface area contributed by atoms with Crippen molar-refractivity contribution in [2.24, 2.45) is 11.3 Å². The Bertz CT molecular complexity index is 331. The average molecular weight is 218 g/mol. The molecule has 1 saturated carbocycles. The highest BCUT2D eigenvalue weighted by Gasteiger charge is 2.81. The number of hydrogen-bond acceptors (Lipinski definition) is 2. The lowest BCUT2D eigenvalue weighted by molar-refractivity contribution is -0.152. The SMILES string of the molecule is O=C(O)C1(C2CC3CCC2O3)CC1(F)F. The van der Waals surface area contributed by atoms with Gasteiger partial charge < -0.3 is 9.84 Å². The van der Waals surface area contributed by atoms with Crippen LogP contribution in [-0.2, 0) is 9.53 Å². The molecule has 3 rings (SSSR count). The fourth-order valence-electron chi connectivity index (χ4n) is 3.26. The van der Waals surface area contributed by atoms with Crippen LogP contribution in [0.1, 0.15) is 25.7 Å². The molecular weight excluding hydrogens is 206 g/mol. The second kappa shape index (κ2) is 2.51. The maximum absolute atomic E-state index is 13.2. The molecule has 3 fully saturated rings. The number of rotatable bonds is 2. The summed E-state index contributed by atoms with van der Waals surface area (Å²) in [6.45, 7) is 0. The lowest BCUT2D eigenvalue weighted by atomic mass is 9.77. The van der Waals surface area contributed by atoms with Crippen LogP contribution >= 0.6 is 0 Å². The largest absolute Gasteiger partial charge is 0.481 e. The van der Waals surface area contributed by atoms with Gasteiger partial charge in [0, 0.05) is 12.3 Å². The van der Waals surface area contributed by atoms with Gasteiger partial charge in [0.25, 0.3) is 5.92 Å². The van der Waals surface area contributed by atoms with Crippen molar-refractivity contribution in [3.63, 3.8) is 0 Å². The van der Waals surface area contributed by atoms with Crippen LogP contribution in [0, 0.1) is 11.3 Å². The van der Waals surface area contributed by atoms with E-state index in [1.807, 2.05) is 0 Å². The highest BCUT2D eigenvalue weighted by Crippen LogP contribution is 2.69. The molecule has 4 unspecified atom stereocenters. The highest BCUT2D eigenvalue weighted by molar-refractivity contribution is 5.81. The molecule has 5 heteroatoms. The van der Waals surface area contributed by atoms with Crippen molar-refractivity contribution >= 4 is 5.97 Å². The second-order valence-electron chi connectivity index (χ2n) is 4.87. The minimum atomic E-state index is -3.03. The standard InChI is InChI=1S/C10H12F2O3/c11-10(12)4-9(10,8(13)14)6-3-5-1-2-7(6)15-5/h5-7H,1-4H2,(H,13,14). The van der Waals surface area contributed by atoms with Gasteiger partial charge in [0.05, 0.1) is 12.2 Å². The highest BCUT2D eigenvalue weighted by atomic mass is 19.3. The summed E-state index contributed by atoms with van der Waals surface area (Å²) in [6, 6.07) is 0. The Morgan fingerprint density at radius 1 is 1.40 bits per heavy atom. The molecule has 0 radical (unpaired) electrons. The molecule has 0 spiro atoms. The molecule has 3 nitrogen and oxygen atoms in total. The number of alkyl halides is 2. The number of carboxylic acids is 1. The normalized spacial score (nSPS) is 50.7. The Labute approximate surface area is 85.4 Å². The third-order valence-corrected chi connectivity index (χ3v) is 4.15. The van der Waals surface area contributed by atoms with Crippen LogP contribution in [0.3, 0.4) is 0 Å². The monoisotopic (exact) mass is 218 g/mol.